The number of likely N-dealkylation sites (N-methyl/N-ethyl adjacent to an activating group) is 1. The van der Waals surface area contributed by atoms with Crippen LogP contribution in [0.4, 0.5) is 18.0 Å². The number of alkyl halides is 3. The molecule has 1 atom stereocenters. The predicted octanol–water partition coefficient (Wildman–Crippen LogP) is 2.55. The molecule has 6 nitrogen and oxygen atoms in total. The summed E-state index contributed by atoms with van der Waals surface area (Å²) in [4.78, 5) is 24.0. The minimum atomic E-state index is -4.73. The van der Waals surface area contributed by atoms with Crippen LogP contribution in [0, 0.1) is 0 Å². The van der Waals surface area contributed by atoms with Crippen molar-refractivity contribution >= 4 is 12.4 Å². The third kappa shape index (κ3) is 4.22. The third-order valence-electron chi connectivity index (χ3n) is 2.67. The monoisotopic (exact) mass is 321 g/mol. The first-order chi connectivity index (χ1) is 9.86. The average molecular weight is 321 g/mol. The lowest BCUT2D eigenvalue weighted by Crippen LogP contribution is -2.37. The van der Waals surface area contributed by atoms with Crippen molar-refractivity contribution in [3.63, 3.8) is 0 Å². The molecule has 124 valence electrons. The summed E-state index contributed by atoms with van der Waals surface area (Å²) in [5.41, 5.74) is -2.44. The molecule has 0 spiro atoms. The van der Waals surface area contributed by atoms with Crippen molar-refractivity contribution in [2.75, 3.05) is 7.05 Å². The van der Waals surface area contributed by atoms with Gasteiger partial charge in [-0.3, -0.25) is 9.58 Å². The normalized spacial score (nSPS) is 13.6. The van der Waals surface area contributed by atoms with E-state index in [0.717, 1.165) is 15.8 Å². The van der Waals surface area contributed by atoms with Gasteiger partial charge < -0.3 is 9.53 Å². The van der Waals surface area contributed by atoms with E-state index in [4.69, 9.17) is 4.74 Å². The third-order valence-corrected chi connectivity index (χ3v) is 2.67. The summed E-state index contributed by atoms with van der Waals surface area (Å²) in [6.45, 7) is 4.83. The highest BCUT2D eigenvalue weighted by atomic mass is 19.4. The number of hydrogen-bond donors (Lipinski definition) is 0. The maximum atomic E-state index is 13.0. The molecule has 1 unspecified atom stereocenters. The Kier molecular flexibility index (Phi) is 4.89. The van der Waals surface area contributed by atoms with Crippen molar-refractivity contribution < 1.29 is 27.5 Å². The quantitative estimate of drug-likeness (QED) is 0.803. The summed E-state index contributed by atoms with van der Waals surface area (Å²) in [5.74, 6) is 0. The van der Waals surface area contributed by atoms with Gasteiger partial charge in [0, 0.05) is 25.9 Å². The largest absolute Gasteiger partial charge is 0.444 e. The maximum Gasteiger partial charge on any atom is 0.435 e. The standard InChI is InChI=1S/C13H18F3N3O3/c1-12(2,3)22-11(21)19(5)9(7-20)8-6-18(4)17-10(8)13(14,15)16/h6-7,9H,1-5H3. The molecule has 0 saturated heterocycles. The van der Waals surface area contributed by atoms with Crippen LogP contribution in [0.3, 0.4) is 0 Å². The lowest BCUT2D eigenvalue weighted by atomic mass is 10.1. The Bertz CT molecular complexity index is 561. The number of carbonyl (C=O) groups is 2. The molecular formula is C13H18F3N3O3. The van der Waals surface area contributed by atoms with Crippen LogP contribution in [0.1, 0.15) is 38.1 Å². The summed E-state index contributed by atoms with van der Waals surface area (Å²) in [6.07, 6.45) is -4.33. The molecule has 0 radical (unpaired) electrons. The Hall–Kier alpha value is -2.06. The number of carbonyl (C=O) groups excluding carboxylic acids is 2. The maximum absolute atomic E-state index is 13.0. The van der Waals surface area contributed by atoms with E-state index in [1.165, 1.54) is 14.1 Å². The molecule has 0 saturated carbocycles. The van der Waals surface area contributed by atoms with Gasteiger partial charge in [0.05, 0.1) is 0 Å². The van der Waals surface area contributed by atoms with Crippen molar-refractivity contribution in [1.29, 1.82) is 0 Å². The van der Waals surface area contributed by atoms with Crippen LogP contribution in [0.15, 0.2) is 6.20 Å². The fourth-order valence-electron chi connectivity index (χ4n) is 1.76. The molecule has 22 heavy (non-hydrogen) atoms. The topological polar surface area (TPSA) is 64.4 Å². The van der Waals surface area contributed by atoms with Crippen LogP contribution in [-0.4, -0.2) is 39.7 Å². The SMILES string of the molecule is CN(C(=O)OC(C)(C)C)C(C=O)c1cn(C)nc1C(F)(F)F. The van der Waals surface area contributed by atoms with Gasteiger partial charge >= 0.3 is 12.3 Å². The van der Waals surface area contributed by atoms with E-state index >= 15 is 0 Å². The van der Waals surface area contributed by atoms with Gasteiger partial charge in [0.25, 0.3) is 0 Å². The summed E-state index contributed by atoms with van der Waals surface area (Å²) >= 11 is 0. The first kappa shape index (κ1) is 18.0. The van der Waals surface area contributed by atoms with Crippen LogP contribution in [-0.2, 0) is 22.8 Å². The van der Waals surface area contributed by atoms with E-state index in [0.29, 0.717) is 0 Å². The molecule has 1 aromatic rings. The molecule has 0 N–H and O–H groups in total. The summed E-state index contributed by atoms with van der Waals surface area (Å²) in [7, 11) is 2.49. The summed E-state index contributed by atoms with van der Waals surface area (Å²) in [5, 5.41) is 3.32. The van der Waals surface area contributed by atoms with Gasteiger partial charge in [-0.15, -0.1) is 0 Å². The van der Waals surface area contributed by atoms with Gasteiger partial charge in [0.2, 0.25) is 0 Å². The minimum Gasteiger partial charge on any atom is -0.444 e. The number of aldehydes is 1. The van der Waals surface area contributed by atoms with Crippen LogP contribution < -0.4 is 0 Å². The van der Waals surface area contributed by atoms with E-state index in [9.17, 15) is 22.8 Å². The van der Waals surface area contributed by atoms with E-state index < -0.39 is 35.2 Å². The number of halogens is 3. The lowest BCUT2D eigenvalue weighted by molar-refractivity contribution is -0.142. The number of aryl methyl sites for hydroxylation is 1. The molecule has 0 aliphatic carbocycles. The van der Waals surface area contributed by atoms with Gasteiger partial charge in [-0.25, -0.2) is 4.79 Å². The molecule has 1 heterocycles. The lowest BCUT2D eigenvalue weighted by Gasteiger charge is -2.28. The van der Waals surface area contributed by atoms with Crippen LogP contribution in [0.5, 0.6) is 0 Å². The first-order valence-corrected chi connectivity index (χ1v) is 6.38. The second kappa shape index (κ2) is 5.98. The highest BCUT2D eigenvalue weighted by Crippen LogP contribution is 2.34. The highest BCUT2D eigenvalue weighted by Gasteiger charge is 2.40. The molecular weight excluding hydrogens is 303 g/mol. The molecule has 9 heteroatoms. The Balaban J connectivity index is 3.17. The number of amides is 1. The van der Waals surface area contributed by atoms with Gasteiger partial charge in [-0.2, -0.15) is 18.3 Å². The second-order valence-electron chi connectivity index (χ2n) is 5.78. The predicted molar refractivity (Wildman–Crippen MR) is 71.0 cm³/mol. The molecule has 1 rings (SSSR count). The van der Waals surface area contributed by atoms with E-state index in [1.807, 2.05) is 0 Å². The van der Waals surface area contributed by atoms with Gasteiger partial charge in [-0.05, 0) is 20.8 Å². The van der Waals surface area contributed by atoms with E-state index in [1.54, 1.807) is 20.8 Å². The van der Waals surface area contributed by atoms with Crippen LogP contribution in [0.2, 0.25) is 0 Å². The summed E-state index contributed by atoms with van der Waals surface area (Å²) in [6, 6.07) is -1.44. The van der Waals surface area contributed by atoms with Crippen molar-refractivity contribution in [2.45, 2.75) is 38.6 Å². The molecule has 0 aromatic carbocycles. The zero-order chi connectivity index (χ0) is 17.3. The minimum absolute atomic E-state index is 0.246. The Morgan fingerprint density at radius 2 is 1.95 bits per heavy atom. The zero-order valence-electron chi connectivity index (χ0n) is 12.9. The Labute approximate surface area is 125 Å². The summed E-state index contributed by atoms with van der Waals surface area (Å²) < 4.78 is 44.9. The van der Waals surface area contributed by atoms with Gasteiger partial charge in [-0.1, -0.05) is 0 Å². The molecule has 0 bridgehead atoms. The van der Waals surface area contributed by atoms with E-state index in [2.05, 4.69) is 5.10 Å². The smallest absolute Gasteiger partial charge is 0.435 e. The van der Waals surface area contributed by atoms with Crippen LogP contribution >= 0.6 is 0 Å². The fraction of sp³-hybridized carbons (Fsp3) is 0.615. The average Bonchev–Trinajstić information content (AvgIpc) is 2.69. The number of ether oxygens (including phenoxy) is 1. The second-order valence-corrected chi connectivity index (χ2v) is 5.78. The van der Waals surface area contributed by atoms with Crippen molar-refractivity contribution in [3.8, 4) is 0 Å². The highest BCUT2D eigenvalue weighted by molar-refractivity contribution is 5.75. The Morgan fingerprint density at radius 1 is 1.41 bits per heavy atom. The van der Waals surface area contributed by atoms with Crippen molar-refractivity contribution in [1.82, 2.24) is 14.7 Å². The number of rotatable bonds is 3. The fourth-order valence-corrected chi connectivity index (χ4v) is 1.76. The van der Waals surface area contributed by atoms with Crippen LogP contribution in [0.25, 0.3) is 0 Å². The first-order valence-electron chi connectivity index (χ1n) is 6.38. The molecule has 1 amide bonds. The number of nitrogens with zero attached hydrogens (tertiary/aromatic N) is 3. The van der Waals surface area contributed by atoms with Gasteiger partial charge in [0.15, 0.2) is 5.69 Å². The molecule has 0 fully saturated rings. The van der Waals surface area contributed by atoms with Crippen molar-refractivity contribution in [2.24, 2.45) is 7.05 Å². The Morgan fingerprint density at radius 3 is 2.36 bits per heavy atom. The molecule has 0 aliphatic rings. The molecule has 1 aromatic heterocycles. The number of aromatic nitrogens is 2. The zero-order valence-corrected chi connectivity index (χ0v) is 12.9. The van der Waals surface area contributed by atoms with Gasteiger partial charge in [0.1, 0.15) is 17.9 Å². The molecule has 0 aliphatic heterocycles. The van der Waals surface area contributed by atoms with Crippen molar-refractivity contribution in [3.05, 3.63) is 17.5 Å². The van der Waals surface area contributed by atoms with E-state index in [-0.39, 0.29) is 6.29 Å². The number of hydrogen-bond acceptors (Lipinski definition) is 4.